The molecule has 0 aromatic carbocycles. The Morgan fingerprint density at radius 3 is 2.92 bits per heavy atom. The van der Waals surface area contributed by atoms with Crippen molar-refractivity contribution in [1.82, 2.24) is 18.8 Å². The minimum atomic E-state index is 0. The fourth-order valence-corrected chi connectivity index (χ4v) is 1.31. The summed E-state index contributed by atoms with van der Waals surface area (Å²) >= 11 is 0. The molecule has 0 spiro atoms. The maximum atomic E-state index is 4.19. The summed E-state index contributed by atoms with van der Waals surface area (Å²) in [6.45, 7) is 0. The molecule has 0 saturated heterocycles. The van der Waals surface area contributed by atoms with Crippen molar-refractivity contribution < 1.29 is 20.1 Å². The van der Waals surface area contributed by atoms with Crippen LogP contribution in [0.2, 0.25) is 0 Å². The summed E-state index contributed by atoms with van der Waals surface area (Å²) in [5.41, 5.74) is 1.79. The SMILES string of the molecule is [Ir].[c-]1ncn2ccn3ccnc3c12. The first-order valence-corrected chi connectivity index (χ1v) is 3.61. The zero-order chi connectivity index (χ0) is 7.97. The number of nitrogens with zero attached hydrogens (tertiary/aromatic N) is 4. The Kier molecular flexibility index (Phi) is 1.90. The average Bonchev–Trinajstić information content (AvgIpc) is 2.71. The summed E-state index contributed by atoms with van der Waals surface area (Å²) in [5.74, 6) is 0. The van der Waals surface area contributed by atoms with E-state index in [1.807, 2.05) is 27.4 Å². The van der Waals surface area contributed by atoms with Crippen LogP contribution < -0.4 is 0 Å². The predicted octanol–water partition coefficient (Wildman–Crippen LogP) is 0.780. The third kappa shape index (κ3) is 1.08. The second-order valence-corrected chi connectivity index (χ2v) is 2.57. The van der Waals surface area contributed by atoms with Gasteiger partial charge in [-0.1, -0.05) is 6.20 Å². The van der Waals surface area contributed by atoms with Crippen molar-refractivity contribution in [2.24, 2.45) is 0 Å². The van der Waals surface area contributed by atoms with Crippen LogP contribution in [0.15, 0.2) is 31.1 Å². The quantitative estimate of drug-likeness (QED) is 0.562. The maximum Gasteiger partial charge on any atom is 0.0597 e. The first kappa shape index (κ1) is 8.41. The van der Waals surface area contributed by atoms with Crippen molar-refractivity contribution >= 4 is 11.2 Å². The predicted molar refractivity (Wildman–Crippen MR) is 42.8 cm³/mol. The molecule has 0 atom stereocenters. The number of fused-ring (bicyclic) bond motifs is 3. The van der Waals surface area contributed by atoms with Gasteiger partial charge in [0.25, 0.3) is 0 Å². The van der Waals surface area contributed by atoms with Crippen LogP contribution in [0.25, 0.3) is 11.2 Å². The van der Waals surface area contributed by atoms with E-state index in [1.165, 1.54) is 0 Å². The van der Waals surface area contributed by atoms with Gasteiger partial charge in [0.15, 0.2) is 0 Å². The number of rotatable bonds is 0. The van der Waals surface area contributed by atoms with Gasteiger partial charge in [0.05, 0.1) is 5.65 Å². The first-order valence-electron chi connectivity index (χ1n) is 3.61. The van der Waals surface area contributed by atoms with E-state index in [0.717, 1.165) is 11.2 Å². The van der Waals surface area contributed by atoms with E-state index in [1.54, 1.807) is 12.5 Å². The van der Waals surface area contributed by atoms with E-state index < -0.39 is 0 Å². The Morgan fingerprint density at radius 2 is 2.00 bits per heavy atom. The molecule has 0 unspecified atom stereocenters. The summed E-state index contributed by atoms with van der Waals surface area (Å²) in [7, 11) is 0. The molecule has 0 fully saturated rings. The molecule has 3 rings (SSSR count). The van der Waals surface area contributed by atoms with Gasteiger partial charge in [-0.3, -0.25) is 4.98 Å². The summed E-state index contributed by atoms with van der Waals surface area (Å²) in [4.78, 5) is 8.11. The van der Waals surface area contributed by atoms with Crippen LogP contribution in [-0.2, 0) is 20.1 Å². The van der Waals surface area contributed by atoms with Crippen molar-refractivity contribution in [1.29, 1.82) is 0 Å². The van der Waals surface area contributed by atoms with E-state index in [2.05, 4.69) is 16.2 Å². The fraction of sp³-hybridized carbons (Fsp3) is 0. The van der Waals surface area contributed by atoms with Gasteiger partial charge < -0.3 is 13.8 Å². The molecule has 67 valence electrons. The van der Waals surface area contributed by atoms with Gasteiger partial charge >= 0.3 is 0 Å². The molecule has 0 aliphatic carbocycles. The standard InChI is InChI=1S/C8H5N4.Ir/c1-2-11-3-4-12-6-9-5-7(12)8(11)10-1;/h1-4,6H;/q-1;. The third-order valence-electron chi connectivity index (χ3n) is 1.88. The van der Waals surface area contributed by atoms with Crippen molar-refractivity contribution in [2.75, 3.05) is 0 Å². The molecule has 0 bridgehead atoms. The van der Waals surface area contributed by atoms with Crippen LogP contribution in [0.1, 0.15) is 0 Å². The molecular weight excluding hydrogens is 344 g/mol. The summed E-state index contributed by atoms with van der Waals surface area (Å²) in [6, 6.07) is 0. The Labute approximate surface area is 87.6 Å². The monoisotopic (exact) mass is 350 g/mol. The van der Waals surface area contributed by atoms with Crippen molar-refractivity contribution in [3.63, 3.8) is 0 Å². The molecule has 4 nitrogen and oxygen atoms in total. The topological polar surface area (TPSA) is 34.6 Å². The molecule has 0 N–H and O–H groups in total. The Balaban J connectivity index is 0.000000653. The largest absolute Gasteiger partial charge is 0.377 e. The van der Waals surface area contributed by atoms with Crippen LogP contribution in [0.4, 0.5) is 0 Å². The van der Waals surface area contributed by atoms with E-state index in [4.69, 9.17) is 0 Å². The molecular formula is C8H5IrN4-. The van der Waals surface area contributed by atoms with Crippen LogP contribution >= 0.6 is 0 Å². The second-order valence-electron chi connectivity index (χ2n) is 2.57. The van der Waals surface area contributed by atoms with E-state index in [0.29, 0.717) is 0 Å². The normalized spacial score (nSPS) is 10.5. The molecule has 5 heteroatoms. The molecule has 3 aromatic rings. The summed E-state index contributed by atoms with van der Waals surface area (Å²) in [6.07, 6.45) is 12.1. The van der Waals surface area contributed by atoms with Crippen LogP contribution in [0.5, 0.6) is 0 Å². The summed E-state index contributed by atoms with van der Waals surface area (Å²) < 4.78 is 3.83. The smallest absolute Gasteiger partial charge is 0.0597 e. The van der Waals surface area contributed by atoms with E-state index in [-0.39, 0.29) is 20.1 Å². The van der Waals surface area contributed by atoms with Gasteiger partial charge in [-0.15, -0.1) is 0 Å². The van der Waals surface area contributed by atoms with Crippen LogP contribution in [0.3, 0.4) is 0 Å². The van der Waals surface area contributed by atoms with E-state index in [9.17, 15) is 0 Å². The molecule has 0 amide bonds. The molecule has 0 aliphatic heterocycles. The first-order chi connectivity index (χ1) is 5.95. The minimum absolute atomic E-state index is 0. The molecule has 3 heterocycles. The van der Waals surface area contributed by atoms with Gasteiger partial charge in [0, 0.05) is 44.9 Å². The second kappa shape index (κ2) is 2.94. The van der Waals surface area contributed by atoms with Gasteiger partial charge in [-0.05, 0) is 11.8 Å². The Bertz CT molecular complexity index is 489. The van der Waals surface area contributed by atoms with Gasteiger partial charge in [0.2, 0.25) is 0 Å². The number of imidazole rings is 2. The minimum Gasteiger partial charge on any atom is -0.377 e. The van der Waals surface area contributed by atoms with Crippen LogP contribution in [-0.4, -0.2) is 18.8 Å². The number of hydrogen-bond acceptors (Lipinski definition) is 2. The van der Waals surface area contributed by atoms with Crippen molar-refractivity contribution in [3.8, 4) is 0 Å². The van der Waals surface area contributed by atoms with Gasteiger partial charge in [-0.25, -0.2) is 0 Å². The molecule has 0 saturated carbocycles. The number of aromatic nitrogens is 4. The zero-order valence-electron chi connectivity index (χ0n) is 6.51. The summed E-state index contributed by atoms with van der Waals surface area (Å²) in [5, 5.41) is 0. The molecule has 0 aliphatic rings. The average molecular weight is 349 g/mol. The molecule has 3 aromatic heterocycles. The third-order valence-corrected chi connectivity index (χ3v) is 1.88. The zero-order valence-corrected chi connectivity index (χ0v) is 8.90. The van der Waals surface area contributed by atoms with Crippen LogP contribution in [0, 0.1) is 6.20 Å². The molecule has 1 radical (unpaired) electrons. The van der Waals surface area contributed by atoms with Gasteiger partial charge in [-0.2, -0.15) is 0 Å². The fourth-order valence-electron chi connectivity index (χ4n) is 1.31. The van der Waals surface area contributed by atoms with Gasteiger partial charge in [0.1, 0.15) is 0 Å². The molecule has 13 heavy (non-hydrogen) atoms. The Morgan fingerprint density at radius 1 is 1.15 bits per heavy atom. The van der Waals surface area contributed by atoms with Crippen molar-refractivity contribution in [3.05, 3.63) is 37.3 Å². The number of hydrogen-bond donors (Lipinski definition) is 0. The van der Waals surface area contributed by atoms with Crippen molar-refractivity contribution in [2.45, 2.75) is 0 Å². The Hall–Kier alpha value is -1.19. The van der Waals surface area contributed by atoms with E-state index >= 15 is 0 Å². The maximum absolute atomic E-state index is 4.19.